The average Bonchev–Trinajstić information content (AvgIpc) is 3.41. The maximum Gasteiger partial charge on any atom is 0.313 e. The highest BCUT2D eigenvalue weighted by Crippen LogP contribution is 2.38. The number of benzene rings is 1. The lowest BCUT2D eigenvalue weighted by atomic mass is 10.2. The summed E-state index contributed by atoms with van der Waals surface area (Å²) in [6.45, 7) is 4.47. The third kappa shape index (κ3) is 4.70. The van der Waals surface area contributed by atoms with Crippen molar-refractivity contribution in [1.82, 2.24) is 10.6 Å². The number of hydrogen-bond acceptors (Lipinski definition) is 5. The molecule has 25 heavy (non-hydrogen) atoms. The SMILES string of the molecule is COCCC1(NC(=O)C(=O)Nc2ccc(N3CCNCC3)cc2)CC1. The molecule has 1 aliphatic heterocycles. The van der Waals surface area contributed by atoms with Gasteiger partial charge in [-0.1, -0.05) is 0 Å². The second kappa shape index (κ2) is 7.84. The molecule has 3 rings (SSSR count). The van der Waals surface area contributed by atoms with Crippen LogP contribution in [0.4, 0.5) is 11.4 Å². The third-order valence-electron chi connectivity index (χ3n) is 4.83. The van der Waals surface area contributed by atoms with Gasteiger partial charge in [-0.25, -0.2) is 0 Å². The molecule has 0 radical (unpaired) electrons. The van der Waals surface area contributed by atoms with E-state index < -0.39 is 11.8 Å². The van der Waals surface area contributed by atoms with Crippen molar-refractivity contribution >= 4 is 23.2 Å². The van der Waals surface area contributed by atoms with Crippen molar-refractivity contribution in [2.45, 2.75) is 24.8 Å². The number of nitrogens with one attached hydrogen (secondary N) is 3. The molecule has 1 aromatic rings. The summed E-state index contributed by atoms with van der Waals surface area (Å²) in [7, 11) is 1.63. The van der Waals surface area contributed by atoms with E-state index in [-0.39, 0.29) is 5.54 Å². The monoisotopic (exact) mass is 346 g/mol. The molecule has 0 spiro atoms. The molecule has 7 nitrogen and oxygen atoms in total. The minimum absolute atomic E-state index is 0.253. The summed E-state index contributed by atoms with van der Waals surface area (Å²) in [5.41, 5.74) is 1.50. The van der Waals surface area contributed by atoms with Gasteiger partial charge >= 0.3 is 11.8 Å². The zero-order chi connectivity index (χ0) is 17.7. The molecule has 1 aromatic carbocycles. The zero-order valence-electron chi connectivity index (χ0n) is 14.6. The first kappa shape index (κ1) is 17.7. The molecule has 1 saturated heterocycles. The van der Waals surface area contributed by atoms with E-state index in [4.69, 9.17) is 4.74 Å². The van der Waals surface area contributed by atoms with Crippen LogP contribution in [0.25, 0.3) is 0 Å². The zero-order valence-corrected chi connectivity index (χ0v) is 14.6. The van der Waals surface area contributed by atoms with Gasteiger partial charge in [0.25, 0.3) is 0 Å². The van der Waals surface area contributed by atoms with Crippen molar-refractivity contribution in [2.75, 3.05) is 50.1 Å². The second-order valence-electron chi connectivity index (χ2n) is 6.72. The van der Waals surface area contributed by atoms with Crippen LogP contribution in [0.15, 0.2) is 24.3 Å². The lowest BCUT2D eigenvalue weighted by Crippen LogP contribution is -2.44. The largest absolute Gasteiger partial charge is 0.385 e. The van der Waals surface area contributed by atoms with Crippen molar-refractivity contribution in [1.29, 1.82) is 0 Å². The Labute approximate surface area is 148 Å². The fourth-order valence-corrected chi connectivity index (χ4v) is 3.05. The third-order valence-corrected chi connectivity index (χ3v) is 4.83. The summed E-state index contributed by atoms with van der Waals surface area (Å²) in [5.74, 6) is -1.21. The van der Waals surface area contributed by atoms with Crippen LogP contribution in [0.5, 0.6) is 0 Å². The molecular formula is C18H26N4O3. The number of hydrogen-bond donors (Lipinski definition) is 3. The Morgan fingerprint density at radius 3 is 2.44 bits per heavy atom. The number of carbonyl (C=O) groups excluding carboxylic acids is 2. The number of rotatable bonds is 6. The summed E-state index contributed by atoms with van der Waals surface area (Å²) >= 11 is 0. The van der Waals surface area contributed by atoms with Gasteiger partial charge in [-0.2, -0.15) is 0 Å². The van der Waals surface area contributed by atoms with E-state index in [0.717, 1.165) is 51.1 Å². The van der Waals surface area contributed by atoms with Crippen molar-refractivity contribution < 1.29 is 14.3 Å². The second-order valence-corrected chi connectivity index (χ2v) is 6.72. The van der Waals surface area contributed by atoms with Crippen molar-refractivity contribution in [2.24, 2.45) is 0 Å². The van der Waals surface area contributed by atoms with Gasteiger partial charge < -0.3 is 25.6 Å². The van der Waals surface area contributed by atoms with E-state index in [1.165, 1.54) is 0 Å². The highest BCUT2D eigenvalue weighted by Gasteiger charge is 2.44. The number of nitrogens with zero attached hydrogens (tertiary/aromatic N) is 1. The first-order valence-corrected chi connectivity index (χ1v) is 8.80. The summed E-state index contributed by atoms with van der Waals surface area (Å²) in [6, 6.07) is 7.61. The van der Waals surface area contributed by atoms with Gasteiger partial charge in [-0.3, -0.25) is 9.59 Å². The van der Waals surface area contributed by atoms with E-state index >= 15 is 0 Å². The van der Waals surface area contributed by atoms with Crippen molar-refractivity contribution in [3.05, 3.63) is 24.3 Å². The standard InChI is InChI=1S/C18H26N4O3/c1-25-13-8-18(6-7-18)21-17(24)16(23)20-14-2-4-15(5-3-14)22-11-9-19-10-12-22/h2-5,19H,6-13H2,1H3,(H,20,23)(H,21,24). The molecule has 0 aromatic heterocycles. The van der Waals surface area contributed by atoms with Crippen molar-refractivity contribution in [3.63, 3.8) is 0 Å². The maximum absolute atomic E-state index is 12.1. The molecule has 136 valence electrons. The number of ether oxygens (including phenoxy) is 1. The quantitative estimate of drug-likeness (QED) is 0.661. The number of carbonyl (C=O) groups is 2. The molecule has 0 unspecified atom stereocenters. The Morgan fingerprint density at radius 2 is 1.84 bits per heavy atom. The summed E-state index contributed by atoms with van der Waals surface area (Å²) in [4.78, 5) is 26.5. The molecule has 2 aliphatic rings. The van der Waals surface area contributed by atoms with Gasteiger partial charge in [0, 0.05) is 56.8 Å². The Bertz CT molecular complexity index is 607. The lowest BCUT2D eigenvalue weighted by Gasteiger charge is -2.29. The van der Waals surface area contributed by atoms with E-state index in [2.05, 4.69) is 20.9 Å². The van der Waals surface area contributed by atoms with E-state index in [1.54, 1.807) is 7.11 Å². The molecule has 3 N–H and O–H groups in total. The molecule has 0 atom stereocenters. The average molecular weight is 346 g/mol. The summed E-state index contributed by atoms with van der Waals surface area (Å²) < 4.78 is 5.06. The molecule has 1 saturated carbocycles. The van der Waals surface area contributed by atoms with Crippen LogP contribution in [0.1, 0.15) is 19.3 Å². The van der Waals surface area contributed by atoms with Crippen LogP contribution in [0, 0.1) is 0 Å². The molecule has 1 aliphatic carbocycles. The topological polar surface area (TPSA) is 82.7 Å². The molecular weight excluding hydrogens is 320 g/mol. The van der Waals surface area contributed by atoms with Crippen LogP contribution in [-0.4, -0.2) is 57.2 Å². The number of amides is 2. The Hall–Kier alpha value is -2.12. The fourth-order valence-electron chi connectivity index (χ4n) is 3.05. The minimum Gasteiger partial charge on any atom is -0.385 e. The summed E-state index contributed by atoms with van der Waals surface area (Å²) in [6.07, 6.45) is 2.53. The van der Waals surface area contributed by atoms with Crippen LogP contribution >= 0.6 is 0 Å². The van der Waals surface area contributed by atoms with E-state index in [9.17, 15) is 9.59 Å². The van der Waals surface area contributed by atoms with Gasteiger partial charge in [0.05, 0.1) is 0 Å². The highest BCUT2D eigenvalue weighted by atomic mass is 16.5. The first-order chi connectivity index (χ1) is 12.1. The Kier molecular flexibility index (Phi) is 5.55. The maximum atomic E-state index is 12.1. The van der Waals surface area contributed by atoms with Crippen LogP contribution in [0.3, 0.4) is 0 Å². The molecule has 7 heteroatoms. The molecule has 2 fully saturated rings. The van der Waals surface area contributed by atoms with Gasteiger partial charge in [0.15, 0.2) is 0 Å². The smallest absolute Gasteiger partial charge is 0.313 e. The van der Waals surface area contributed by atoms with Gasteiger partial charge in [-0.15, -0.1) is 0 Å². The van der Waals surface area contributed by atoms with Gasteiger partial charge in [0.2, 0.25) is 0 Å². The van der Waals surface area contributed by atoms with Crippen molar-refractivity contribution in [3.8, 4) is 0 Å². The van der Waals surface area contributed by atoms with Gasteiger partial charge in [-0.05, 0) is 43.5 Å². The highest BCUT2D eigenvalue weighted by molar-refractivity contribution is 6.39. The number of methoxy groups -OCH3 is 1. The Morgan fingerprint density at radius 1 is 1.16 bits per heavy atom. The van der Waals surface area contributed by atoms with Gasteiger partial charge in [0.1, 0.15) is 0 Å². The normalized spacial score (nSPS) is 18.5. The predicted molar refractivity (Wildman–Crippen MR) is 96.8 cm³/mol. The van der Waals surface area contributed by atoms with Crippen LogP contribution in [-0.2, 0) is 14.3 Å². The molecule has 0 bridgehead atoms. The van der Waals surface area contributed by atoms with E-state index in [1.807, 2.05) is 24.3 Å². The number of piperazine rings is 1. The van der Waals surface area contributed by atoms with Crippen LogP contribution < -0.4 is 20.9 Å². The van der Waals surface area contributed by atoms with Crippen LogP contribution in [0.2, 0.25) is 0 Å². The predicted octanol–water partition coefficient (Wildman–Crippen LogP) is 0.720. The first-order valence-electron chi connectivity index (χ1n) is 8.80. The molecule has 1 heterocycles. The molecule has 2 amide bonds. The Balaban J connectivity index is 1.51. The fraction of sp³-hybridized carbons (Fsp3) is 0.556. The lowest BCUT2D eigenvalue weighted by molar-refractivity contribution is -0.136. The number of anilines is 2. The summed E-state index contributed by atoms with van der Waals surface area (Å²) in [5, 5.41) is 8.82. The minimum atomic E-state index is -0.626. The van der Waals surface area contributed by atoms with E-state index in [0.29, 0.717) is 12.3 Å².